The van der Waals surface area contributed by atoms with Gasteiger partial charge in [-0.1, -0.05) is 11.6 Å². The van der Waals surface area contributed by atoms with Crippen molar-refractivity contribution in [3.8, 4) is 0 Å². The predicted octanol–water partition coefficient (Wildman–Crippen LogP) is 1.09. The number of alkyl halides is 1. The second kappa shape index (κ2) is 3.03. The summed E-state index contributed by atoms with van der Waals surface area (Å²) >= 11 is 10.8. The maximum Gasteiger partial charge on any atom is 0.267 e. The summed E-state index contributed by atoms with van der Waals surface area (Å²) in [5.41, 5.74) is -0.251. The molecule has 10 heavy (non-hydrogen) atoms. The van der Waals surface area contributed by atoms with Crippen molar-refractivity contribution in [3.63, 3.8) is 0 Å². The van der Waals surface area contributed by atoms with Crippen LogP contribution in [-0.4, -0.2) is 9.78 Å². The van der Waals surface area contributed by atoms with E-state index in [0.717, 1.165) is 4.68 Å². The van der Waals surface area contributed by atoms with Crippen molar-refractivity contribution in [2.24, 2.45) is 0 Å². The molecule has 0 aliphatic carbocycles. The molecule has 0 aliphatic heterocycles. The summed E-state index contributed by atoms with van der Waals surface area (Å²) < 4.78 is 1.07. The van der Waals surface area contributed by atoms with Gasteiger partial charge < -0.3 is 0 Å². The van der Waals surface area contributed by atoms with E-state index in [2.05, 4.69) is 5.10 Å². The van der Waals surface area contributed by atoms with Crippen LogP contribution < -0.4 is 5.56 Å². The van der Waals surface area contributed by atoms with Gasteiger partial charge in [0.05, 0.1) is 0 Å². The topological polar surface area (TPSA) is 34.9 Å². The molecule has 0 N–H and O–H groups in total. The lowest BCUT2D eigenvalue weighted by atomic mass is 10.6. The van der Waals surface area contributed by atoms with Gasteiger partial charge in [0.2, 0.25) is 0 Å². The van der Waals surface area contributed by atoms with Crippen LogP contribution in [-0.2, 0) is 6.00 Å². The molecule has 1 aromatic rings. The highest BCUT2D eigenvalue weighted by Crippen LogP contribution is 1.97. The largest absolute Gasteiger partial charge is 0.268 e. The number of hydrogen-bond donors (Lipinski definition) is 0. The lowest BCUT2D eigenvalue weighted by molar-refractivity contribution is 0.688. The Kier molecular flexibility index (Phi) is 2.29. The van der Waals surface area contributed by atoms with E-state index < -0.39 is 0 Å². The predicted molar refractivity (Wildman–Crippen MR) is 39.4 cm³/mol. The van der Waals surface area contributed by atoms with Crippen LogP contribution in [0.15, 0.2) is 16.9 Å². The molecule has 0 saturated carbocycles. The summed E-state index contributed by atoms with van der Waals surface area (Å²) in [6, 6.07) is 2.77. The monoisotopic (exact) mass is 178 g/mol. The average Bonchev–Trinajstić information content (AvgIpc) is 1.94. The van der Waals surface area contributed by atoms with E-state index in [-0.39, 0.29) is 16.7 Å². The van der Waals surface area contributed by atoms with Gasteiger partial charge in [0.25, 0.3) is 5.56 Å². The second-order valence-corrected chi connectivity index (χ2v) is 2.24. The molecule has 1 heterocycles. The molecule has 0 spiro atoms. The summed E-state index contributed by atoms with van der Waals surface area (Å²) in [4.78, 5) is 10.8. The van der Waals surface area contributed by atoms with Gasteiger partial charge in [-0.3, -0.25) is 4.79 Å². The van der Waals surface area contributed by atoms with Crippen molar-refractivity contribution in [1.82, 2.24) is 9.78 Å². The van der Waals surface area contributed by atoms with E-state index in [4.69, 9.17) is 23.2 Å². The molecule has 0 aliphatic rings. The minimum atomic E-state index is -0.251. The summed E-state index contributed by atoms with van der Waals surface area (Å²) in [7, 11) is 0. The highest BCUT2D eigenvalue weighted by atomic mass is 35.5. The van der Waals surface area contributed by atoms with Crippen LogP contribution in [0.5, 0.6) is 0 Å². The molecular weight excluding hydrogens is 175 g/mol. The summed E-state index contributed by atoms with van der Waals surface area (Å²) in [6.07, 6.45) is 0. The van der Waals surface area contributed by atoms with Crippen LogP contribution in [0.4, 0.5) is 0 Å². The molecule has 1 aromatic heterocycles. The minimum absolute atomic E-state index is 0.0272. The first-order chi connectivity index (χ1) is 4.74. The Morgan fingerprint density at radius 2 is 2.30 bits per heavy atom. The van der Waals surface area contributed by atoms with Gasteiger partial charge >= 0.3 is 0 Å². The van der Waals surface area contributed by atoms with Gasteiger partial charge in [-0.05, 0) is 6.07 Å². The molecule has 0 atom stereocenters. The van der Waals surface area contributed by atoms with E-state index in [0.29, 0.717) is 0 Å². The molecule has 0 bridgehead atoms. The van der Waals surface area contributed by atoms with Crippen molar-refractivity contribution >= 4 is 23.2 Å². The van der Waals surface area contributed by atoms with Gasteiger partial charge in [0, 0.05) is 6.07 Å². The van der Waals surface area contributed by atoms with Crippen molar-refractivity contribution in [3.05, 3.63) is 27.6 Å². The normalized spacial score (nSPS) is 9.80. The van der Waals surface area contributed by atoms with Gasteiger partial charge in [-0.15, -0.1) is 11.6 Å². The van der Waals surface area contributed by atoms with E-state index in [1.54, 1.807) is 0 Å². The zero-order chi connectivity index (χ0) is 7.56. The van der Waals surface area contributed by atoms with Crippen LogP contribution in [0.2, 0.25) is 5.15 Å². The summed E-state index contributed by atoms with van der Waals surface area (Å²) in [6.45, 7) is 0. The van der Waals surface area contributed by atoms with E-state index in [1.165, 1.54) is 12.1 Å². The fraction of sp³-hybridized carbons (Fsp3) is 0.200. The molecule has 0 fully saturated rings. The van der Waals surface area contributed by atoms with Gasteiger partial charge in [-0.25, -0.2) is 4.68 Å². The molecule has 0 saturated heterocycles. The molecule has 0 radical (unpaired) electrons. The van der Waals surface area contributed by atoms with Crippen molar-refractivity contribution in [2.75, 3.05) is 0 Å². The van der Waals surface area contributed by atoms with Crippen LogP contribution in [0.1, 0.15) is 0 Å². The maximum atomic E-state index is 10.8. The summed E-state index contributed by atoms with van der Waals surface area (Å²) in [5, 5.41) is 3.89. The number of aromatic nitrogens is 2. The number of halogens is 2. The lowest BCUT2D eigenvalue weighted by Gasteiger charge is -1.95. The molecule has 0 unspecified atom stereocenters. The van der Waals surface area contributed by atoms with E-state index in [9.17, 15) is 4.79 Å². The van der Waals surface area contributed by atoms with Crippen LogP contribution in [0, 0.1) is 0 Å². The first-order valence-corrected chi connectivity index (χ1v) is 3.45. The van der Waals surface area contributed by atoms with Gasteiger partial charge in [-0.2, -0.15) is 5.10 Å². The lowest BCUT2D eigenvalue weighted by Crippen LogP contribution is -2.19. The highest BCUT2D eigenvalue weighted by Gasteiger charge is 1.94. The van der Waals surface area contributed by atoms with Crippen molar-refractivity contribution < 1.29 is 0 Å². The average molecular weight is 179 g/mol. The SMILES string of the molecule is O=c1ccc(Cl)nn1CCl. The number of hydrogen-bond acceptors (Lipinski definition) is 2. The van der Waals surface area contributed by atoms with Gasteiger partial charge in [0.15, 0.2) is 0 Å². The summed E-state index contributed by atoms with van der Waals surface area (Å²) in [5.74, 6) is 0. The van der Waals surface area contributed by atoms with Crippen LogP contribution in [0.25, 0.3) is 0 Å². The second-order valence-electron chi connectivity index (χ2n) is 1.61. The van der Waals surface area contributed by atoms with Crippen molar-refractivity contribution in [1.29, 1.82) is 0 Å². The Balaban J connectivity index is 3.22. The molecule has 1 rings (SSSR count). The minimum Gasteiger partial charge on any atom is -0.268 e. The van der Waals surface area contributed by atoms with E-state index >= 15 is 0 Å². The smallest absolute Gasteiger partial charge is 0.267 e. The fourth-order valence-corrected chi connectivity index (χ4v) is 0.835. The quantitative estimate of drug-likeness (QED) is 0.604. The third-order valence-electron chi connectivity index (χ3n) is 0.947. The third-order valence-corrected chi connectivity index (χ3v) is 1.38. The first kappa shape index (κ1) is 7.57. The number of nitrogens with zero attached hydrogens (tertiary/aromatic N) is 2. The standard InChI is InChI=1S/C5H4Cl2N2O/c6-3-9-5(10)2-1-4(7)8-9/h1-2H,3H2. The molecule has 54 valence electrons. The van der Waals surface area contributed by atoms with Crippen LogP contribution >= 0.6 is 23.2 Å². The Labute approximate surface area is 67.2 Å². The highest BCUT2D eigenvalue weighted by molar-refractivity contribution is 6.29. The van der Waals surface area contributed by atoms with Crippen LogP contribution in [0.3, 0.4) is 0 Å². The molecule has 5 heteroatoms. The molecule has 3 nitrogen and oxygen atoms in total. The third kappa shape index (κ3) is 1.49. The first-order valence-electron chi connectivity index (χ1n) is 2.53. The Bertz CT molecular complexity index is 283. The fourth-order valence-electron chi connectivity index (χ4n) is 0.510. The zero-order valence-corrected chi connectivity index (χ0v) is 6.43. The zero-order valence-electron chi connectivity index (χ0n) is 4.92. The molecular formula is C5H4Cl2N2O. The Morgan fingerprint density at radius 3 is 2.80 bits per heavy atom. The maximum absolute atomic E-state index is 10.8. The Hall–Kier alpha value is -0.540. The molecule has 0 amide bonds. The Morgan fingerprint density at radius 1 is 1.60 bits per heavy atom. The van der Waals surface area contributed by atoms with Gasteiger partial charge in [0.1, 0.15) is 11.2 Å². The number of rotatable bonds is 1. The molecule has 0 aromatic carbocycles. The van der Waals surface area contributed by atoms with Crippen molar-refractivity contribution in [2.45, 2.75) is 6.00 Å². The van der Waals surface area contributed by atoms with E-state index in [1.807, 2.05) is 0 Å².